The Bertz CT molecular complexity index is 485. The summed E-state index contributed by atoms with van der Waals surface area (Å²) in [6.07, 6.45) is 2.27. The van der Waals surface area contributed by atoms with Crippen LogP contribution >= 0.6 is 0 Å². The Labute approximate surface area is 127 Å². The van der Waals surface area contributed by atoms with Gasteiger partial charge in [0.15, 0.2) is 0 Å². The lowest BCUT2D eigenvalue weighted by Gasteiger charge is -2.52. The molecule has 3 rings (SSSR count). The van der Waals surface area contributed by atoms with E-state index >= 15 is 0 Å². The number of hydrogen-bond acceptors (Lipinski definition) is 3. The Morgan fingerprint density at radius 1 is 1.29 bits per heavy atom. The standard InChI is InChI=1S/C18H25NO2/c1-14(2)8-18(20)9-16-12-21-13-17(10-18)19(16)11-15-6-4-3-5-7-15/h3-7,16-17,20H,1,8-13H2,2H3. The number of hydrogen-bond donors (Lipinski definition) is 1. The fraction of sp³-hybridized carbons (Fsp3) is 0.556. The van der Waals surface area contributed by atoms with Gasteiger partial charge in [-0.15, -0.1) is 6.58 Å². The van der Waals surface area contributed by atoms with Crippen LogP contribution in [0.25, 0.3) is 0 Å². The molecule has 2 fully saturated rings. The molecule has 0 amide bonds. The van der Waals surface area contributed by atoms with Gasteiger partial charge in [-0.2, -0.15) is 0 Å². The largest absolute Gasteiger partial charge is 0.389 e. The third-order valence-electron chi connectivity index (χ3n) is 4.63. The summed E-state index contributed by atoms with van der Waals surface area (Å²) in [5, 5.41) is 10.9. The van der Waals surface area contributed by atoms with Crippen LogP contribution in [0.15, 0.2) is 42.5 Å². The van der Waals surface area contributed by atoms with Gasteiger partial charge in [-0.25, -0.2) is 0 Å². The van der Waals surface area contributed by atoms with Gasteiger partial charge in [0.05, 0.1) is 18.8 Å². The molecule has 0 aliphatic carbocycles. The summed E-state index contributed by atoms with van der Waals surface area (Å²) in [5.74, 6) is 0. The van der Waals surface area contributed by atoms with Crippen LogP contribution in [0.2, 0.25) is 0 Å². The molecule has 3 nitrogen and oxygen atoms in total. The molecule has 2 saturated heterocycles. The lowest BCUT2D eigenvalue weighted by molar-refractivity contribution is -0.145. The van der Waals surface area contributed by atoms with E-state index in [1.165, 1.54) is 5.56 Å². The summed E-state index contributed by atoms with van der Waals surface area (Å²) in [6.45, 7) is 8.37. The number of fused-ring (bicyclic) bond motifs is 2. The highest BCUT2D eigenvalue weighted by atomic mass is 16.5. The van der Waals surface area contributed by atoms with Crippen LogP contribution in [-0.2, 0) is 11.3 Å². The van der Waals surface area contributed by atoms with Crippen molar-refractivity contribution in [3.8, 4) is 0 Å². The minimum atomic E-state index is -0.599. The Kier molecular flexibility index (Phi) is 4.16. The van der Waals surface area contributed by atoms with Crippen molar-refractivity contribution in [2.24, 2.45) is 0 Å². The molecule has 2 bridgehead atoms. The van der Waals surface area contributed by atoms with E-state index in [1.807, 2.05) is 6.92 Å². The van der Waals surface area contributed by atoms with Crippen LogP contribution in [0.3, 0.4) is 0 Å². The van der Waals surface area contributed by atoms with Crippen molar-refractivity contribution < 1.29 is 9.84 Å². The first-order valence-electron chi connectivity index (χ1n) is 7.80. The Balaban J connectivity index is 1.74. The second-order valence-electron chi connectivity index (χ2n) is 6.77. The summed E-state index contributed by atoms with van der Waals surface area (Å²) in [5.41, 5.74) is 1.80. The molecule has 21 heavy (non-hydrogen) atoms. The number of piperidine rings is 1. The van der Waals surface area contributed by atoms with Crippen LogP contribution in [0.4, 0.5) is 0 Å². The van der Waals surface area contributed by atoms with Crippen molar-refractivity contribution in [2.45, 2.75) is 50.4 Å². The third kappa shape index (κ3) is 3.37. The van der Waals surface area contributed by atoms with E-state index in [1.54, 1.807) is 0 Å². The van der Waals surface area contributed by atoms with E-state index in [0.717, 1.165) is 38.2 Å². The molecule has 2 atom stereocenters. The van der Waals surface area contributed by atoms with Crippen molar-refractivity contribution in [3.05, 3.63) is 48.0 Å². The van der Waals surface area contributed by atoms with E-state index in [0.29, 0.717) is 18.5 Å². The first-order valence-corrected chi connectivity index (χ1v) is 7.80. The van der Waals surface area contributed by atoms with Crippen LogP contribution in [-0.4, -0.2) is 40.9 Å². The van der Waals surface area contributed by atoms with Crippen molar-refractivity contribution in [3.63, 3.8) is 0 Å². The Hall–Kier alpha value is -1.16. The molecule has 114 valence electrons. The van der Waals surface area contributed by atoms with Gasteiger partial charge in [-0.05, 0) is 31.7 Å². The maximum atomic E-state index is 10.9. The molecule has 0 aromatic heterocycles. The Morgan fingerprint density at radius 2 is 1.90 bits per heavy atom. The van der Waals surface area contributed by atoms with E-state index in [-0.39, 0.29) is 0 Å². The molecule has 2 aliphatic rings. The van der Waals surface area contributed by atoms with Crippen LogP contribution < -0.4 is 0 Å². The number of ether oxygens (including phenoxy) is 1. The monoisotopic (exact) mass is 287 g/mol. The molecule has 3 heteroatoms. The lowest BCUT2D eigenvalue weighted by atomic mass is 9.77. The maximum absolute atomic E-state index is 10.9. The highest BCUT2D eigenvalue weighted by Crippen LogP contribution is 2.38. The number of morpholine rings is 1. The smallest absolute Gasteiger partial charge is 0.0716 e. The molecular formula is C18H25NO2. The number of benzene rings is 1. The van der Waals surface area contributed by atoms with Gasteiger partial charge in [0.25, 0.3) is 0 Å². The van der Waals surface area contributed by atoms with Gasteiger partial charge in [-0.1, -0.05) is 35.9 Å². The number of nitrogens with zero attached hydrogens (tertiary/aromatic N) is 1. The van der Waals surface area contributed by atoms with Gasteiger partial charge >= 0.3 is 0 Å². The van der Waals surface area contributed by atoms with Crippen LogP contribution in [0, 0.1) is 0 Å². The molecular weight excluding hydrogens is 262 g/mol. The average molecular weight is 287 g/mol. The van der Waals surface area contributed by atoms with Crippen LogP contribution in [0.5, 0.6) is 0 Å². The van der Waals surface area contributed by atoms with Crippen molar-refractivity contribution >= 4 is 0 Å². The summed E-state index contributed by atoms with van der Waals surface area (Å²) >= 11 is 0. The molecule has 1 N–H and O–H groups in total. The molecule has 1 aromatic carbocycles. The van der Waals surface area contributed by atoms with Gasteiger partial charge < -0.3 is 9.84 Å². The molecule has 0 spiro atoms. The molecule has 2 aliphatic heterocycles. The van der Waals surface area contributed by atoms with Crippen molar-refractivity contribution in [1.82, 2.24) is 4.90 Å². The minimum absolute atomic E-state index is 0.307. The zero-order valence-corrected chi connectivity index (χ0v) is 12.8. The first-order chi connectivity index (χ1) is 10.1. The van der Waals surface area contributed by atoms with E-state index in [2.05, 4.69) is 41.8 Å². The second-order valence-corrected chi connectivity index (χ2v) is 6.77. The third-order valence-corrected chi connectivity index (χ3v) is 4.63. The molecule has 0 radical (unpaired) electrons. The molecule has 2 heterocycles. The van der Waals surface area contributed by atoms with Crippen molar-refractivity contribution in [2.75, 3.05) is 13.2 Å². The second kappa shape index (κ2) is 5.91. The van der Waals surface area contributed by atoms with E-state index < -0.39 is 5.60 Å². The minimum Gasteiger partial charge on any atom is -0.389 e. The first kappa shape index (κ1) is 14.8. The average Bonchev–Trinajstić information content (AvgIpc) is 2.40. The Morgan fingerprint density at radius 3 is 2.48 bits per heavy atom. The predicted molar refractivity (Wildman–Crippen MR) is 84.0 cm³/mol. The highest BCUT2D eigenvalue weighted by Gasteiger charge is 2.45. The number of aliphatic hydroxyl groups is 1. The molecule has 2 unspecified atom stereocenters. The molecule has 1 aromatic rings. The SMILES string of the molecule is C=C(C)CC1(O)CC2COCC(C1)N2Cc1ccccc1. The fourth-order valence-electron chi connectivity index (χ4n) is 3.90. The molecule has 0 saturated carbocycles. The van der Waals surface area contributed by atoms with Crippen molar-refractivity contribution in [1.29, 1.82) is 0 Å². The van der Waals surface area contributed by atoms with E-state index in [4.69, 9.17) is 4.74 Å². The fourth-order valence-corrected chi connectivity index (χ4v) is 3.90. The topological polar surface area (TPSA) is 32.7 Å². The predicted octanol–water partition coefficient (Wildman–Crippen LogP) is 2.75. The zero-order valence-electron chi connectivity index (χ0n) is 12.8. The highest BCUT2D eigenvalue weighted by molar-refractivity contribution is 5.16. The summed E-state index contributed by atoms with van der Waals surface area (Å²) in [6, 6.07) is 11.2. The summed E-state index contributed by atoms with van der Waals surface area (Å²) in [7, 11) is 0. The quantitative estimate of drug-likeness (QED) is 0.864. The van der Waals surface area contributed by atoms with E-state index in [9.17, 15) is 5.11 Å². The van der Waals surface area contributed by atoms with Crippen LogP contribution in [0.1, 0.15) is 31.7 Å². The summed E-state index contributed by atoms with van der Waals surface area (Å²) < 4.78 is 5.73. The van der Waals surface area contributed by atoms with Gasteiger partial charge in [0, 0.05) is 18.6 Å². The summed E-state index contributed by atoms with van der Waals surface area (Å²) in [4.78, 5) is 2.52. The normalized spacial score (nSPS) is 32.9. The van der Waals surface area contributed by atoms with Gasteiger partial charge in [0.2, 0.25) is 0 Å². The number of rotatable bonds is 4. The maximum Gasteiger partial charge on any atom is 0.0716 e. The van der Waals surface area contributed by atoms with Gasteiger partial charge in [-0.3, -0.25) is 4.90 Å². The zero-order chi connectivity index (χ0) is 14.9. The van der Waals surface area contributed by atoms with Gasteiger partial charge in [0.1, 0.15) is 0 Å². The lowest BCUT2D eigenvalue weighted by Crippen LogP contribution is -2.61.